The van der Waals surface area contributed by atoms with Crippen LogP contribution in [0, 0.1) is 0 Å². The Morgan fingerprint density at radius 3 is 3.07 bits per heavy atom. The molecule has 5 nitrogen and oxygen atoms in total. The number of aromatic nitrogens is 2. The fraction of sp³-hybridized carbons (Fsp3) is 0.500. The molecule has 0 spiro atoms. The normalized spacial score (nSPS) is 18.1. The first-order chi connectivity index (χ1) is 7.31. The molecule has 15 heavy (non-hydrogen) atoms. The summed E-state index contributed by atoms with van der Waals surface area (Å²) in [4.78, 5) is 0. The van der Waals surface area contributed by atoms with Gasteiger partial charge in [-0.3, -0.25) is 10.5 Å². The lowest BCUT2D eigenvalue weighted by atomic mass is 10.0. The quantitative estimate of drug-likeness (QED) is 0.564. The zero-order valence-electron chi connectivity index (χ0n) is 8.81. The van der Waals surface area contributed by atoms with Crippen LogP contribution in [-0.4, -0.2) is 16.4 Å². The van der Waals surface area contributed by atoms with E-state index in [2.05, 4.69) is 10.5 Å². The molecule has 1 aliphatic rings. The number of rotatable bonds is 3. The van der Waals surface area contributed by atoms with Gasteiger partial charge in [0.1, 0.15) is 0 Å². The van der Waals surface area contributed by atoms with E-state index < -0.39 is 0 Å². The van der Waals surface area contributed by atoms with Crippen LogP contribution >= 0.6 is 0 Å². The predicted molar refractivity (Wildman–Crippen MR) is 56.5 cm³/mol. The summed E-state index contributed by atoms with van der Waals surface area (Å²) in [6.07, 6.45) is 5.74. The van der Waals surface area contributed by atoms with E-state index in [1.165, 1.54) is 0 Å². The third-order valence-electron chi connectivity index (χ3n) is 2.53. The third-order valence-corrected chi connectivity index (χ3v) is 2.53. The van der Waals surface area contributed by atoms with Crippen molar-refractivity contribution in [2.45, 2.75) is 18.9 Å². The van der Waals surface area contributed by atoms with E-state index in [4.69, 9.17) is 10.6 Å². The molecule has 82 valence electrons. The Morgan fingerprint density at radius 1 is 1.67 bits per heavy atom. The van der Waals surface area contributed by atoms with Crippen LogP contribution in [0.5, 0.6) is 0 Å². The van der Waals surface area contributed by atoms with Gasteiger partial charge in [-0.1, -0.05) is 0 Å². The Kier molecular flexibility index (Phi) is 3.03. The van der Waals surface area contributed by atoms with Crippen LogP contribution in [0.1, 0.15) is 24.6 Å². The summed E-state index contributed by atoms with van der Waals surface area (Å²) in [5.41, 5.74) is 4.86. The minimum absolute atomic E-state index is 0.0356. The van der Waals surface area contributed by atoms with E-state index in [0.29, 0.717) is 0 Å². The summed E-state index contributed by atoms with van der Waals surface area (Å²) in [5.74, 6) is 5.55. The minimum atomic E-state index is -0.0356. The number of hydrogen-bond donors (Lipinski definition) is 2. The first kappa shape index (κ1) is 10.2. The summed E-state index contributed by atoms with van der Waals surface area (Å²) in [5, 5.41) is 4.33. The molecule has 0 aliphatic carbocycles. The van der Waals surface area contributed by atoms with E-state index >= 15 is 0 Å². The maximum absolute atomic E-state index is 5.55. The van der Waals surface area contributed by atoms with Gasteiger partial charge >= 0.3 is 0 Å². The van der Waals surface area contributed by atoms with Crippen LogP contribution < -0.4 is 11.3 Å². The molecule has 2 heterocycles. The highest BCUT2D eigenvalue weighted by Crippen LogP contribution is 2.25. The molecule has 0 saturated heterocycles. The highest BCUT2D eigenvalue weighted by Gasteiger charge is 2.19. The Balaban J connectivity index is 2.19. The molecular formula is C10H16N4O. The highest BCUT2D eigenvalue weighted by molar-refractivity contribution is 5.20. The monoisotopic (exact) mass is 208 g/mol. The molecule has 5 heteroatoms. The molecule has 0 radical (unpaired) electrons. The molecule has 0 amide bonds. The van der Waals surface area contributed by atoms with Gasteiger partial charge in [-0.05, 0) is 24.5 Å². The van der Waals surface area contributed by atoms with Gasteiger partial charge in [0.25, 0.3) is 0 Å². The van der Waals surface area contributed by atoms with E-state index in [1.807, 2.05) is 19.3 Å². The van der Waals surface area contributed by atoms with Crippen molar-refractivity contribution in [3.8, 4) is 0 Å². The number of nitrogens with two attached hydrogens (primary N) is 1. The number of ether oxygens (including phenoxy) is 1. The minimum Gasteiger partial charge on any atom is -0.501 e. The standard InChI is InChI=1S/C10H16N4O/c1-14-5-4-9(13-14)10(12-11)8-3-2-6-15-7-8/h4-5,7,10,12H,2-3,6,11H2,1H3. The Labute approximate surface area is 88.9 Å². The van der Waals surface area contributed by atoms with Crippen LogP contribution in [0.2, 0.25) is 0 Å². The van der Waals surface area contributed by atoms with Crippen LogP contribution in [0.3, 0.4) is 0 Å². The lowest BCUT2D eigenvalue weighted by Gasteiger charge is -2.20. The molecule has 0 bridgehead atoms. The van der Waals surface area contributed by atoms with Crippen molar-refractivity contribution in [3.05, 3.63) is 29.8 Å². The Bertz CT molecular complexity index is 358. The van der Waals surface area contributed by atoms with Gasteiger partial charge < -0.3 is 4.74 Å². The van der Waals surface area contributed by atoms with E-state index in [-0.39, 0.29) is 6.04 Å². The summed E-state index contributed by atoms with van der Waals surface area (Å²) in [6.45, 7) is 0.795. The summed E-state index contributed by atoms with van der Waals surface area (Å²) < 4.78 is 7.07. The van der Waals surface area contributed by atoms with E-state index in [0.717, 1.165) is 30.7 Å². The second-order valence-electron chi connectivity index (χ2n) is 3.68. The van der Waals surface area contributed by atoms with Gasteiger partial charge in [-0.25, -0.2) is 5.43 Å². The van der Waals surface area contributed by atoms with Crippen molar-refractivity contribution < 1.29 is 4.74 Å². The maximum atomic E-state index is 5.55. The lowest BCUT2D eigenvalue weighted by molar-refractivity contribution is 0.219. The lowest BCUT2D eigenvalue weighted by Crippen LogP contribution is -2.30. The van der Waals surface area contributed by atoms with Gasteiger partial charge in [0.2, 0.25) is 0 Å². The van der Waals surface area contributed by atoms with Crippen molar-refractivity contribution in [2.75, 3.05) is 6.61 Å². The molecule has 1 unspecified atom stereocenters. The topological polar surface area (TPSA) is 65.1 Å². The molecular weight excluding hydrogens is 192 g/mol. The van der Waals surface area contributed by atoms with E-state index in [9.17, 15) is 0 Å². The van der Waals surface area contributed by atoms with Crippen LogP contribution in [0.25, 0.3) is 0 Å². The second-order valence-corrected chi connectivity index (χ2v) is 3.68. The number of hydrogen-bond acceptors (Lipinski definition) is 4. The largest absolute Gasteiger partial charge is 0.501 e. The van der Waals surface area contributed by atoms with Crippen molar-refractivity contribution in [1.82, 2.24) is 15.2 Å². The highest BCUT2D eigenvalue weighted by atomic mass is 16.5. The van der Waals surface area contributed by atoms with Crippen molar-refractivity contribution in [2.24, 2.45) is 12.9 Å². The zero-order chi connectivity index (χ0) is 10.7. The fourth-order valence-corrected chi connectivity index (χ4v) is 1.77. The molecule has 2 rings (SSSR count). The third kappa shape index (κ3) is 2.19. The molecule has 1 atom stereocenters. The second kappa shape index (κ2) is 4.46. The van der Waals surface area contributed by atoms with Gasteiger partial charge in [0.15, 0.2) is 0 Å². The molecule has 1 aliphatic heterocycles. The number of hydrazine groups is 1. The first-order valence-electron chi connectivity index (χ1n) is 5.07. The molecule has 0 fully saturated rings. The van der Waals surface area contributed by atoms with Crippen molar-refractivity contribution >= 4 is 0 Å². The Hall–Kier alpha value is -1.33. The molecule has 1 aromatic rings. The SMILES string of the molecule is Cn1ccc(C(NN)C2=COCCC2)n1. The molecule has 1 aromatic heterocycles. The molecule has 0 aromatic carbocycles. The van der Waals surface area contributed by atoms with Gasteiger partial charge in [-0.2, -0.15) is 5.10 Å². The van der Waals surface area contributed by atoms with Gasteiger partial charge in [-0.15, -0.1) is 0 Å². The molecule has 0 saturated carbocycles. The number of nitrogens with one attached hydrogen (secondary N) is 1. The van der Waals surface area contributed by atoms with Crippen LogP contribution in [0.4, 0.5) is 0 Å². The van der Waals surface area contributed by atoms with Gasteiger partial charge in [0.05, 0.1) is 24.6 Å². The van der Waals surface area contributed by atoms with Crippen molar-refractivity contribution in [1.29, 1.82) is 0 Å². The first-order valence-corrected chi connectivity index (χ1v) is 5.07. The average molecular weight is 208 g/mol. The average Bonchev–Trinajstić information content (AvgIpc) is 2.68. The van der Waals surface area contributed by atoms with Crippen LogP contribution in [-0.2, 0) is 11.8 Å². The Morgan fingerprint density at radius 2 is 2.53 bits per heavy atom. The molecule has 3 N–H and O–H groups in total. The van der Waals surface area contributed by atoms with Crippen molar-refractivity contribution in [3.63, 3.8) is 0 Å². The predicted octanol–water partition coefficient (Wildman–Crippen LogP) is 0.619. The maximum Gasteiger partial charge on any atom is 0.0892 e. The zero-order valence-corrected chi connectivity index (χ0v) is 8.81. The number of aryl methyl sites for hydroxylation is 1. The smallest absolute Gasteiger partial charge is 0.0892 e. The number of nitrogens with zero attached hydrogens (tertiary/aromatic N) is 2. The summed E-state index contributed by atoms with van der Waals surface area (Å²) in [6, 6.07) is 1.92. The fourth-order valence-electron chi connectivity index (χ4n) is 1.77. The van der Waals surface area contributed by atoms with Gasteiger partial charge in [0, 0.05) is 13.2 Å². The van der Waals surface area contributed by atoms with Crippen LogP contribution in [0.15, 0.2) is 24.1 Å². The summed E-state index contributed by atoms with van der Waals surface area (Å²) in [7, 11) is 1.89. The van der Waals surface area contributed by atoms with E-state index in [1.54, 1.807) is 10.9 Å². The summed E-state index contributed by atoms with van der Waals surface area (Å²) >= 11 is 0.